The fourth-order valence-corrected chi connectivity index (χ4v) is 3.67. The van der Waals surface area contributed by atoms with Gasteiger partial charge in [0.1, 0.15) is 18.2 Å². The zero-order valence-electron chi connectivity index (χ0n) is 17.6. The van der Waals surface area contributed by atoms with Gasteiger partial charge in [-0.2, -0.15) is 0 Å². The number of aromatic amines is 4. The molecule has 0 aliphatic heterocycles. The summed E-state index contributed by atoms with van der Waals surface area (Å²) in [4.78, 5) is 30.2. The predicted molar refractivity (Wildman–Crippen MR) is 118 cm³/mol. The molecule has 0 saturated heterocycles. The number of aromatic nitrogens is 11. The van der Waals surface area contributed by atoms with Crippen molar-refractivity contribution in [3.63, 3.8) is 0 Å². The van der Waals surface area contributed by atoms with E-state index in [0.717, 1.165) is 11.4 Å². The number of imidazole rings is 4. The average Bonchev–Trinajstić information content (AvgIpc) is 3.72. The summed E-state index contributed by atoms with van der Waals surface area (Å²) in [6, 6.07) is 1.69. The summed E-state index contributed by atoms with van der Waals surface area (Å²) in [6.07, 6.45) is 13.0. The van der Waals surface area contributed by atoms with E-state index in [1.807, 2.05) is 0 Å². The van der Waals surface area contributed by atoms with E-state index in [1.54, 1.807) is 37.1 Å². The summed E-state index contributed by atoms with van der Waals surface area (Å²) in [5, 5.41) is 11.8. The van der Waals surface area contributed by atoms with Crippen LogP contribution in [0.3, 0.4) is 0 Å². The minimum absolute atomic E-state index is 0.457. The first-order valence-electron chi connectivity index (χ1n) is 10.3. The Morgan fingerprint density at radius 1 is 0.629 bits per heavy atom. The molecule has 0 unspecified atom stereocenters. The van der Waals surface area contributed by atoms with Crippen molar-refractivity contribution in [1.82, 2.24) is 55.3 Å². The molecule has 0 amide bonds. The number of rotatable bonds is 6. The third kappa shape index (κ3) is 3.16. The Kier molecular flexibility index (Phi) is 4.08. The fraction of sp³-hybridized carbons (Fsp3) is 0. The van der Waals surface area contributed by atoms with Crippen molar-refractivity contribution >= 4 is 0 Å². The van der Waals surface area contributed by atoms with Crippen molar-refractivity contribution in [3.05, 3.63) is 55.8 Å². The van der Waals surface area contributed by atoms with Crippen LogP contribution in [0.5, 0.6) is 0 Å². The number of hydrogen-bond donors (Lipinski definition) is 4. The lowest BCUT2D eigenvalue weighted by molar-refractivity contribution is 0.406. The molecule has 0 aliphatic carbocycles. The normalized spacial score (nSPS) is 11.4. The average molecular weight is 467 g/mol. The molecule has 0 fully saturated rings. The maximum absolute atomic E-state index is 5.24. The molecule has 35 heavy (non-hydrogen) atoms. The highest BCUT2D eigenvalue weighted by atomic mass is 16.5. The van der Waals surface area contributed by atoms with E-state index >= 15 is 0 Å². The van der Waals surface area contributed by atoms with Crippen molar-refractivity contribution in [3.8, 4) is 68.7 Å². The third-order valence-electron chi connectivity index (χ3n) is 5.32. The van der Waals surface area contributed by atoms with Crippen LogP contribution in [0, 0.1) is 0 Å². The molecule has 4 N–H and O–H groups in total. The van der Waals surface area contributed by atoms with Crippen LogP contribution in [0.15, 0.2) is 69.3 Å². The first-order chi connectivity index (χ1) is 17.3. The molecule has 7 heterocycles. The van der Waals surface area contributed by atoms with Gasteiger partial charge in [0.25, 0.3) is 0 Å². The van der Waals surface area contributed by atoms with Crippen molar-refractivity contribution in [1.29, 1.82) is 0 Å². The second kappa shape index (κ2) is 7.51. The van der Waals surface area contributed by atoms with E-state index in [4.69, 9.17) is 13.6 Å². The van der Waals surface area contributed by atoms with E-state index in [9.17, 15) is 0 Å². The van der Waals surface area contributed by atoms with E-state index < -0.39 is 0 Å². The Bertz CT molecular complexity index is 1710. The monoisotopic (exact) mass is 467 g/mol. The van der Waals surface area contributed by atoms with Crippen LogP contribution in [0.2, 0.25) is 0 Å². The van der Waals surface area contributed by atoms with Gasteiger partial charge in [0.2, 0.25) is 0 Å². The van der Waals surface area contributed by atoms with Gasteiger partial charge in [-0.05, 0) is 0 Å². The smallest absolute Gasteiger partial charge is 0.189 e. The molecule has 14 heteroatoms. The second-order valence-electron chi connectivity index (χ2n) is 7.40. The molecule has 0 spiro atoms. The lowest BCUT2D eigenvalue weighted by atomic mass is 10.1. The zero-order valence-corrected chi connectivity index (χ0v) is 17.6. The molecule has 0 bridgehead atoms. The molecule has 7 aromatic rings. The van der Waals surface area contributed by atoms with E-state index in [0.29, 0.717) is 57.3 Å². The molecule has 0 aromatic carbocycles. The van der Waals surface area contributed by atoms with Crippen LogP contribution >= 0.6 is 0 Å². The number of H-pyrrole nitrogens is 4. The Morgan fingerprint density at radius 2 is 1.31 bits per heavy atom. The van der Waals surface area contributed by atoms with Gasteiger partial charge in [-0.25, -0.2) is 19.9 Å². The van der Waals surface area contributed by atoms with Gasteiger partial charge in [0.05, 0.1) is 47.3 Å². The second-order valence-corrected chi connectivity index (χ2v) is 7.40. The number of nitrogens with one attached hydrogen (secondary N) is 4. The molecule has 0 saturated carbocycles. The van der Waals surface area contributed by atoms with Crippen LogP contribution in [-0.2, 0) is 0 Å². The van der Waals surface area contributed by atoms with Gasteiger partial charge in [-0.1, -0.05) is 15.5 Å². The minimum atomic E-state index is 0.457. The molecule has 14 nitrogen and oxygen atoms in total. The van der Waals surface area contributed by atoms with Gasteiger partial charge >= 0.3 is 0 Å². The molecule has 7 rings (SSSR count). The molecule has 0 atom stereocenters. The van der Waals surface area contributed by atoms with Crippen molar-refractivity contribution in [2.75, 3.05) is 0 Å². The number of nitrogens with zero attached hydrogens (tertiary/aromatic N) is 7. The van der Waals surface area contributed by atoms with Crippen LogP contribution in [-0.4, -0.2) is 55.3 Å². The zero-order chi connectivity index (χ0) is 23.2. The fourth-order valence-electron chi connectivity index (χ4n) is 3.67. The van der Waals surface area contributed by atoms with Crippen molar-refractivity contribution in [2.24, 2.45) is 0 Å². The molecule has 7 aromatic heterocycles. The largest absolute Gasteiger partial charge is 0.363 e. The summed E-state index contributed by atoms with van der Waals surface area (Å²) in [7, 11) is 0. The van der Waals surface area contributed by atoms with E-state index in [2.05, 4.69) is 55.3 Å². The minimum Gasteiger partial charge on any atom is -0.363 e. The summed E-state index contributed by atoms with van der Waals surface area (Å²) in [5.74, 6) is 2.80. The highest BCUT2D eigenvalue weighted by Crippen LogP contribution is 2.36. The topological polar surface area (TPSA) is 193 Å². The molecule has 170 valence electrons. The summed E-state index contributed by atoms with van der Waals surface area (Å²) in [6.45, 7) is 0. The quantitative estimate of drug-likeness (QED) is 0.281. The Morgan fingerprint density at radius 3 is 2.09 bits per heavy atom. The maximum atomic E-state index is 5.24. The Balaban J connectivity index is 1.19. The maximum Gasteiger partial charge on any atom is 0.189 e. The summed E-state index contributed by atoms with van der Waals surface area (Å²) >= 11 is 0. The summed E-state index contributed by atoms with van der Waals surface area (Å²) < 4.78 is 15.6. The standard InChI is InChI=1S/C21H13N11O3/c1-2-27-35-15(1)16-10(8-33-31-16)11-9-34-32-17(11)19-25-7-14(30-19)18-24-5-12(28-18)13-6-26-21(29-13)20-22-3-4-23-20/h1-9H,(H,22,23)(H,24,28)(H,25,30)(H,26,29). The molecule has 0 radical (unpaired) electrons. The number of hydrogen-bond acceptors (Lipinski definition) is 10. The Labute approximate surface area is 193 Å². The summed E-state index contributed by atoms with van der Waals surface area (Å²) in [5.41, 5.74) is 4.38. The van der Waals surface area contributed by atoms with Crippen LogP contribution in [0.1, 0.15) is 0 Å². The highest BCUT2D eigenvalue weighted by molar-refractivity contribution is 5.84. The lowest BCUT2D eigenvalue weighted by Gasteiger charge is -1.97. The first kappa shape index (κ1) is 19.0. The van der Waals surface area contributed by atoms with Gasteiger partial charge in [-0.3, -0.25) is 0 Å². The first-order valence-corrected chi connectivity index (χ1v) is 10.3. The lowest BCUT2D eigenvalue weighted by Crippen LogP contribution is -1.87. The third-order valence-corrected chi connectivity index (χ3v) is 5.32. The SMILES string of the molecule is c1cc(-c2nocc2-c2conc2-c2ncc(-c3ncc(-c4cnc(-c5ncc[nH]5)[nH]4)[nH]3)[nH]2)on1. The van der Waals surface area contributed by atoms with Gasteiger partial charge in [0.15, 0.2) is 40.4 Å². The van der Waals surface area contributed by atoms with Crippen LogP contribution in [0.25, 0.3) is 68.7 Å². The van der Waals surface area contributed by atoms with Crippen LogP contribution in [0.4, 0.5) is 0 Å². The highest BCUT2D eigenvalue weighted by Gasteiger charge is 2.23. The van der Waals surface area contributed by atoms with Crippen LogP contribution < -0.4 is 0 Å². The van der Waals surface area contributed by atoms with E-state index in [1.165, 1.54) is 18.7 Å². The molecular weight excluding hydrogens is 454 g/mol. The molecule has 0 aliphatic rings. The predicted octanol–water partition coefficient (Wildman–Crippen LogP) is 3.55. The van der Waals surface area contributed by atoms with Gasteiger partial charge in [0, 0.05) is 18.5 Å². The van der Waals surface area contributed by atoms with Gasteiger partial charge < -0.3 is 33.5 Å². The molecular formula is C21H13N11O3. The van der Waals surface area contributed by atoms with Gasteiger partial charge in [-0.15, -0.1) is 0 Å². The Hall–Kier alpha value is -5.53. The van der Waals surface area contributed by atoms with Crippen molar-refractivity contribution < 1.29 is 13.6 Å². The van der Waals surface area contributed by atoms with Crippen molar-refractivity contribution in [2.45, 2.75) is 0 Å². The van der Waals surface area contributed by atoms with E-state index in [-0.39, 0.29) is 0 Å².